The Morgan fingerprint density at radius 3 is 2.45 bits per heavy atom. The molecule has 2 rings (SSSR count). The first-order chi connectivity index (χ1) is 9.58. The summed E-state index contributed by atoms with van der Waals surface area (Å²) in [4.78, 5) is 12.2. The first kappa shape index (κ1) is 14.5. The van der Waals surface area contributed by atoms with Crippen molar-refractivity contribution in [2.75, 3.05) is 0 Å². The molecule has 2 aromatic carbocycles. The fourth-order valence-corrected chi connectivity index (χ4v) is 2.01. The van der Waals surface area contributed by atoms with E-state index in [9.17, 15) is 13.6 Å². The van der Waals surface area contributed by atoms with Crippen LogP contribution in [-0.2, 0) is 6.42 Å². The van der Waals surface area contributed by atoms with Crippen molar-refractivity contribution >= 4 is 17.4 Å². The van der Waals surface area contributed by atoms with Crippen molar-refractivity contribution in [3.63, 3.8) is 0 Å². The van der Waals surface area contributed by atoms with Gasteiger partial charge >= 0.3 is 6.61 Å². The summed E-state index contributed by atoms with van der Waals surface area (Å²) in [5.41, 5.74) is 0.763. The summed E-state index contributed by atoms with van der Waals surface area (Å²) in [6, 6.07) is 12.8. The van der Waals surface area contributed by atoms with Gasteiger partial charge in [-0.2, -0.15) is 8.78 Å². The zero-order valence-corrected chi connectivity index (χ0v) is 11.1. The first-order valence-electron chi connectivity index (χ1n) is 5.88. The van der Waals surface area contributed by atoms with Crippen LogP contribution < -0.4 is 4.74 Å². The minimum Gasteiger partial charge on any atom is -0.434 e. The zero-order valence-electron chi connectivity index (χ0n) is 10.4. The Hall–Kier alpha value is -1.94. The monoisotopic (exact) mass is 296 g/mol. The molecule has 0 fully saturated rings. The van der Waals surface area contributed by atoms with Crippen molar-refractivity contribution in [2.45, 2.75) is 13.0 Å². The van der Waals surface area contributed by atoms with E-state index in [1.807, 2.05) is 0 Å². The summed E-state index contributed by atoms with van der Waals surface area (Å²) >= 11 is 5.98. The number of carbonyl (C=O) groups excluding carboxylic acids is 1. The lowest BCUT2D eigenvalue weighted by Crippen LogP contribution is -2.10. The highest BCUT2D eigenvalue weighted by Gasteiger charge is 2.16. The summed E-state index contributed by atoms with van der Waals surface area (Å²) in [5.74, 6) is -0.450. The van der Waals surface area contributed by atoms with Crippen molar-refractivity contribution < 1.29 is 18.3 Å². The lowest BCUT2D eigenvalue weighted by atomic mass is 10.0. The third-order valence-corrected chi connectivity index (χ3v) is 3.08. The third kappa shape index (κ3) is 3.54. The molecular weight excluding hydrogens is 286 g/mol. The Bertz CT molecular complexity index is 614. The molecule has 5 heteroatoms. The third-order valence-electron chi connectivity index (χ3n) is 2.71. The Morgan fingerprint density at radius 1 is 1.10 bits per heavy atom. The van der Waals surface area contributed by atoms with Crippen LogP contribution in [0, 0.1) is 0 Å². The maximum absolute atomic E-state index is 12.3. The molecule has 20 heavy (non-hydrogen) atoms. The second kappa shape index (κ2) is 6.48. The molecule has 104 valence electrons. The van der Waals surface area contributed by atoms with E-state index in [4.69, 9.17) is 11.6 Å². The molecule has 0 aliphatic rings. The SMILES string of the molecule is O=C(Cc1ccccc1Cl)c1ccccc1OC(F)F. The second-order valence-corrected chi connectivity index (χ2v) is 4.47. The fourth-order valence-electron chi connectivity index (χ4n) is 1.81. The van der Waals surface area contributed by atoms with Gasteiger partial charge in [-0.15, -0.1) is 0 Å². The maximum atomic E-state index is 12.3. The summed E-state index contributed by atoms with van der Waals surface area (Å²) in [5, 5.41) is 0.466. The molecular formula is C15H11ClF2O2. The highest BCUT2D eigenvalue weighted by molar-refractivity contribution is 6.31. The Labute approximate surface area is 119 Å². The minimum absolute atomic E-state index is 0.0310. The van der Waals surface area contributed by atoms with E-state index in [0.717, 1.165) is 0 Å². The molecule has 2 nitrogen and oxygen atoms in total. The molecule has 0 unspecified atom stereocenters. The number of ketones is 1. The van der Waals surface area contributed by atoms with Gasteiger partial charge in [0.25, 0.3) is 0 Å². The minimum atomic E-state index is -2.97. The molecule has 0 amide bonds. The number of alkyl halides is 2. The van der Waals surface area contributed by atoms with Crippen molar-refractivity contribution in [3.8, 4) is 5.75 Å². The van der Waals surface area contributed by atoms with Gasteiger partial charge in [-0.05, 0) is 23.8 Å². The number of para-hydroxylation sites is 1. The van der Waals surface area contributed by atoms with Gasteiger partial charge in [0.15, 0.2) is 5.78 Å². The largest absolute Gasteiger partial charge is 0.434 e. The number of rotatable bonds is 5. The van der Waals surface area contributed by atoms with Crippen LogP contribution in [0.4, 0.5) is 8.78 Å². The van der Waals surface area contributed by atoms with E-state index < -0.39 is 6.61 Å². The molecule has 0 radical (unpaired) electrons. The van der Waals surface area contributed by atoms with Gasteiger partial charge in [-0.25, -0.2) is 0 Å². The average Bonchev–Trinajstić information content (AvgIpc) is 2.41. The number of hydrogen-bond donors (Lipinski definition) is 0. The van der Waals surface area contributed by atoms with Gasteiger partial charge < -0.3 is 4.74 Å². The van der Waals surface area contributed by atoms with Crippen LogP contribution >= 0.6 is 11.6 Å². The fraction of sp³-hybridized carbons (Fsp3) is 0.133. The van der Waals surface area contributed by atoms with E-state index in [-0.39, 0.29) is 23.5 Å². The van der Waals surface area contributed by atoms with Gasteiger partial charge in [0, 0.05) is 11.4 Å². The summed E-state index contributed by atoms with van der Waals surface area (Å²) in [6.45, 7) is -2.97. The smallest absolute Gasteiger partial charge is 0.387 e. The molecule has 0 spiro atoms. The lowest BCUT2D eigenvalue weighted by Gasteiger charge is -2.10. The Morgan fingerprint density at radius 2 is 1.75 bits per heavy atom. The van der Waals surface area contributed by atoms with Gasteiger partial charge in [0.2, 0.25) is 0 Å². The quantitative estimate of drug-likeness (QED) is 0.766. The molecule has 0 heterocycles. The van der Waals surface area contributed by atoms with E-state index in [1.54, 1.807) is 30.3 Å². The standard InChI is InChI=1S/C15H11ClF2O2/c16-12-7-3-1-5-10(12)9-13(19)11-6-2-4-8-14(11)20-15(17)18/h1-8,15H,9H2. The topological polar surface area (TPSA) is 26.3 Å². The van der Waals surface area contributed by atoms with Crippen molar-refractivity contribution in [1.82, 2.24) is 0 Å². The van der Waals surface area contributed by atoms with Crippen molar-refractivity contribution in [3.05, 3.63) is 64.7 Å². The van der Waals surface area contributed by atoms with Crippen LogP contribution in [0.15, 0.2) is 48.5 Å². The van der Waals surface area contributed by atoms with E-state index in [2.05, 4.69) is 4.74 Å². The van der Waals surface area contributed by atoms with Gasteiger partial charge in [-0.1, -0.05) is 41.9 Å². The van der Waals surface area contributed by atoms with Crippen LogP contribution in [0.3, 0.4) is 0 Å². The van der Waals surface area contributed by atoms with Crippen LogP contribution in [0.2, 0.25) is 5.02 Å². The Kier molecular flexibility index (Phi) is 4.69. The number of halogens is 3. The van der Waals surface area contributed by atoms with Crippen LogP contribution in [0.5, 0.6) is 5.75 Å². The molecule has 0 aliphatic carbocycles. The molecule has 0 aliphatic heterocycles. The second-order valence-electron chi connectivity index (χ2n) is 4.07. The number of carbonyl (C=O) groups is 1. The van der Waals surface area contributed by atoms with Crippen LogP contribution in [-0.4, -0.2) is 12.4 Å². The van der Waals surface area contributed by atoms with Crippen molar-refractivity contribution in [1.29, 1.82) is 0 Å². The highest BCUT2D eigenvalue weighted by atomic mass is 35.5. The highest BCUT2D eigenvalue weighted by Crippen LogP contribution is 2.23. The predicted molar refractivity (Wildman–Crippen MR) is 72.6 cm³/mol. The van der Waals surface area contributed by atoms with Crippen LogP contribution in [0.1, 0.15) is 15.9 Å². The van der Waals surface area contributed by atoms with E-state index in [0.29, 0.717) is 10.6 Å². The van der Waals surface area contributed by atoms with Crippen molar-refractivity contribution in [2.24, 2.45) is 0 Å². The summed E-state index contributed by atoms with van der Waals surface area (Å²) < 4.78 is 28.9. The molecule has 0 N–H and O–H groups in total. The molecule has 0 saturated carbocycles. The van der Waals surface area contributed by atoms with Gasteiger partial charge in [-0.3, -0.25) is 4.79 Å². The van der Waals surface area contributed by atoms with E-state index >= 15 is 0 Å². The zero-order chi connectivity index (χ0) is 14.5. The molecule has 0 bridgehead atoms. The Balaban J connectivity index is 2.23. The first-order valence-corrected chi connectivity index (χ1v) is 6.26. The van der Waals surface area contributed by atoms with E-state index in [1.165, 1.54) is 18.2 Å². The molecule has 0 atom stereocenters. The lowest BCUT2D eigenvalue weighted by molar-refractivity contribution is -0.0501. The van der Waals surface area contributed by atoms with Crippen LogP contribution in [0.25, 0.3) is 0 Å². The maximum Gasteiger partial charge on any atom is 0.387 e. The number of Topliss-reactive ketones (excluding diaryl/α,β-unsaturated/α-hetero) is 1. The molecule has 2 aromatic rings. The number of benzene rings is 2. The summed E-state index contributed by atoms with van der Waals surface area (Å²) in [7, 11) is 0. The molecule has 0 aromatic heterocycles. The van der Waals surface area contributed by atoms with Gasteiger partial charge in [0.05, 0.1) is 5.56 Å². The summed E-state index contributed by atoms with van der Waals surface area (Å²) in [6.07, 6.45) is 0.0310. The van der Waals surface area contributed by atoms with Gasteiger partial charge in [0.1, 0.15) is 5.75 Å². The predicted octanol–water partition coefficient (Wildman–Crippen LogP) is 4.37. The number of hydrogen-bond acceptors (Lipinski definition) is 2. The average molecular weight is 297 g/mol. The number of ether oxygens (including phenoxy) is 1. The normalized spacial score (nSPS) is 10.6. The molecule has 0 saturated heterocycles.